The average Bonchev–Trinajstić information content (AvgIpc) is 2.94. The third-order valence-corrected chi connectivity index (χ3v) is 3.35. The van der Waals surface area contributed by atoms with Crippen LogP contribution in [0.25, 0.3) is 0 Å². The molecule has 0 heterocycles. The monoisotopic (exact) mass is 194 g/mol. The first-order valence-corrected chi connectivity index (χ1v) is 5.70. The molecule has 2 heteroatoms. The lowest BCUT2D eigenvalue weighted by Gasteiger charge is -2.13. The molecule has 2 saturated carbocycles. The lowest BCUT2D eigenvalue weighted by atomic mass is 9.90. The zero-order valence-electron chi connectivity index (χ0n) is 8.79. The number of hydrogen-bond donors (Lipinski definition) is 0. The van der Waals surface area contributed by atoms with Crippen LogP contribution in [0.1, 0.15) is 45.4 Å². The highest BCUT2D eigenvalue weighted by atomic mass is 16.1. The molecule has 0 aromatic carbocycles. The van der Waals surface area contributed by atoms with Gasteiger partial charge in [0.2, 0.25) is 0 Å². The summed E-state index contributed by atoms with van der Waals surface area (Å²) < 4.78 is 0. The third-order valence-electron chi connectivity index (χ3n) is 3.35. The summed E-state index contributed by atoms with van der Waals surface area (Å²) >= 11 is 0. The molecule has 0 N–H and O–H groups in total. The lowest BCUT2D eigenvalue weighted by Crippen LogP contribution is -2.19. The summed E-state index contributed by atoms with van der Waals surface area (Å²) in [6.07, 6.45) is 5.92. The molecule has 0 amide bonds. The number of Topliss-reactive ketones (excluding diaryl/α,β-unsaturated/α-hetero) is 2. The van der Waals surface area contributed by atoms with Crippen LogP contribution >= 0.6 is 0 Å². The van der Waals surface area contributed by atoms with Crippen molar-refractivity contribution in [3.63, 3.8) is 0 Å². The first-order valence-electron chi connectivity index (χ1n) is 5.70. The molecule has 0 radical (unpaired) electrons. The van der Waals surface area contributed by atoms with E-state index < -0.39 is 0 Å². The molecule has 14 heavy (non-hydrogen) atoms. The number of rotatable bonds is 6. The van der Waals surface area contributed by atoms with Crippen LogP contribution in [0.4, 0.5) is 0 Å². The molecule has 2 aliphatic carbocycles. The second-order valence-electron chi connectivity index (χ2n) is 4.87. The predicted molar refractivity (Wildman–Crippen MR) is 53.9 cm³/mol. The second-order valence-corrected chi connectivity index (χ2v) is 4.87. The molecule has 0 bridgehead atoms. The Morgan fingerprint density at radius 3 is 1.93 bits per heavy atom. The molecule has 0 saturated heterocycles. The molecular weight excluding hydrogens is 176 g/mol. The standard InChI is InChI=1S/C12H18O2/c1-8(13)2-7-11(14)12(9-3-4-9)10-5-6-10/h9-10,12H,2-7H2,1H3. The van der Waals surface area contributed by atoms with Gasteiger partial charge in [0.15, 0.2) is 0 Å². The van der Waals surface area contributed by atoms with E-state index in [0.717, 1.165) is 0 Å². The lowest BCUT2D eigenvalue weighted by molar-refractivity contribution is -0.127. The molecule has 2 rings (SSSR count). The predicted octanol–water partition coefficient (Wildman–Crippen LogP) is 2.36. The summed E-state index contributed by atoms with van der Waals surface area (Å²) in [6, 6.07) is 0. The van der Waals surface area contributed by atoms with E-state index in [1.165, 1.54) is 25.7 Å². The fourth-order valence-electron chi connectivity index (χ4n) is 2.29. The highest BCUT2D eigenvalue weighted by molar-refractivity contribution is 5.87. The Hall–Kier alpha value is -0.660. The van der Waals surface area contributed by atoms with Gasteiger partial charge >= 0.3 is 0 Å². The van der Waals surface area contributed by atoms with E-state index in [4.69, 9.17) is 0 Å². The van der Waals surface area contributed by atoms with Crippen molar-refractivity contribution in [2.24, 2.45) is 17.8 Å². The summed E-state index contributed by atoms with van der Waals surface area (Å²) in [4.78, 5) is 22.6. The summed E-state index contributed by atoms with van der Waals surface area (Å²) in [7, 11) is 0. The minimum absolute atomic E-state index is 0.142. The molecule has 0 unspecified atom stereocenters. The van der Waals surface area contributed by atoms with E-state index in [-0.39, 0.29) is 5.78 Å². The Balaban J connectivity index is 1.83. The molecule has 2 aliphatic rings. The van der Waals surface area contributed by atoms with Crippen LogP contribution in [0.3, 0.4) is 0 Å². The van der Waals surface area contributed by atoms with Gasteiger partial charge in [-0.15, -0.1) is 0 Å². The minimum Gasteiger partial charge on any atom is -0.300 e. The van der Waals surface area contributed by atoms with Crippen LogP contribution in [0.15, 0.2) is 0 Å². The molecule has 2 fully saturated rings. The fourth-order valence-corrected chi connectivity index (χ4v) is 2.29. The van der Waals surface area contributed by atoms with Gasteiger partial charge in [-0.25, -0.2) is 0 Å². The Morgan fingerprint density at radius 2 is 1.57 bits per heavy atom. The Kier molecular flexibility index (Phi) is 2.71. The molecular formula is C12H18O2. The van der Waals surface area contributed by atoms with Crippen molar-refractivity contribution in [2.45, 2.75) is 45.4 Å². The van der Waals surface area contributed by atoms with E-state index in [1.807, 2.05) is 0 Å². The summed E-state index contributed by atoms with van der Waals surface area (Å²) in [5.41, 5.74) is 0. The van der Waals surface area contributed by atoms with Gasteiger partial charge in [-0.1, -0.05) is 0 Å². The summed E-state index contributed by atoms with van der Waals surface area (Å²) in [5, 5.41) is 0. The summed E-state index contributed by atoms with van der Waals surface area (Å²) in [6.45, 7) is 1.57. The van der Waals surface area contributed by atoms with Crippen LogP contribution < -0.4 is 0 Å². The largest absolute Gasteiger partial charge is 0.300 e. The van der Waals surface area contributed by atoms with Gasteiger partial charge in [-0.2, -0.15) is 0 Å². The quantitative estimate of drug-likeness (QED) is 0.650. The maximum absolute atomic E-state index is 11.9. The zero-order chi connectivity index (χ0) is 10.1. The first kappa shape index (κ1) is 9.88. The van der Waals surface area contributed by atoms with Gasteiger partial charge in [0.1, 0.15) is 11.6 Å². The van der Waals surface area contributed by atoms with Crippen LogP contribution in [0, 0.1) is 17.8 Å². The van der Waals surface area contributed by atoms with Gasteiger partial charge in [0, 0.05) is 18.8 Å². The molecule has 0 spiro atoms. The second kappa shape index (κ2) is 3.84. The molecule has 0 aromatic rings. The van der Waals surface area contributed by atoms with Crippen LogP contribution in [-0.4, -0.2) is 11.6 Å². The molecule has 0 atom stereocenters. The first-order chi connectivity index (χ1) is 6.68. The Morgan fingerprint density at radius 1 is 1.07 bits per heavy atom. The van der Waals surface area contributed by atoms with Crippen molar-refractivity contribution in [3.05, 3.63) is 0 Å². The fraction of sp³-hybridized carbons (Fsp3) is 0.833. The van der Waals surface area contributed by atoms with E-state index in [0.29, 0.717) is 36.4 Å². The highest BCUT2D eigenvalue weighted by Crippen LogP contribution is 2.49. The number of carbonyl (C=O) groups excluding carboxylic acids is 2. The smallest absolute Gasteiger partial charge is 0.136 e. The molecule has 2 nitrogen and oxygen atoms in total. The Labute approximate surface area is 85.1 Å². The normalized spacial score (nSPS) is 21.3. The van der Waals surface area contributed by atoms with Crippen LogP contribution in [0.2, 0.25) is 0 Å². The minimum atomic E-state index is 0.142. The van der Waals surface area contributed by atoms with Crippen molar-refractivity contribution < 1.29 is 9.59 Å². The van der Waals surface area contributed by atoms with Gasteiger partial charge in [0.25, 0.3) is 0 Å². The number of ketones is 2. The van der Waals surface area contributed by atoms with Gasteiger partial charge in [-0.3, -0.25) is 4.79 Å². The van der Waals surface area contributed by atoms with Crippen molar-refractivity contribution in [1.82, 2.24) is 0 Å². The third kappa shape index (κ3) is 2.43. The van der Waals surface area contributed by atoms with E-state index in [9.17, 15) is 9.59 Å². The number of carbonyl (C=O) groups is 2. The van der Waals surface area contributed by atoms with E-state index in [1.54, 1.807) is 6.92 Å². The molecule has 78 valence electrons. The van der Waals surface area contributed by atoms with E-state index in [2.05, 4.69) is 0 Å². The van der Waals surface area contributed by atoms with Crippen molar-refractivity contribution in [3.8, 4) is 0 Å². The van der Waals surface area contributed by atoms with E-state index >= 15 is 0 Å². The molecule has 0 aliphatic heterocycles. The zero-order valence-corrected chi connectivity index (χ0v) is 8.79. The maximum atomic E-state index is 11.9. The van der Waals surface area contributed by atoms with Gasteiger partial charge in [-0.05, 0) is 44.4 Å². The topological polar surface area (TPSA) is 34.1 Å². The molecule has 0 aromatic heterocycles. The SMILES string of the molecule is CC(=O)CCC(=O)C(C1CC1)C1CC1. The van der Waals surface area contributed by atoms with Crippen molar-refractivity contribution >= 4 is 11.6 Å². The summed E-state index contributed by atoms with van der Waals surface area (Å²) in [5.74, 6) is 2.20. The van der Waals surface area contributed by atoms with Crippen LogP contribution in [-0.2, 0) is 9.59 Å². The highest BCUT2D eigenvalue weighted by Gasteiger charge is 2.44. The van der Waals surface area contributed by atoms with Crippen molar-refractivity contribution in [1.29, 1.82) is 0 Å². The van der Waals surface area contributed by atoms with Gasteiger partial charge < -0.3 is 4.79 Å². The average molecular weight is 194 g/mol. The van der Waals surface area contributed by atoms with Crippen LogP contribution in [0.5, 0.6) is 0 Å². The Bertz CT molecular complexity index is 237. The van der Waals surface area contributed by atoms with Crippen molar-refractivity contribution in [2.75, 3.05) is 0 Å². The maximum Gasteiger partial charge on any atom is 0.136 e. The number of hydrogen-bond acceptors (Lipinski definition) is 2. The van der Waals surface area contributed by atoms with Gasteiger partial charge in [0.05, 0.1) is 0 Å².